The van der Waals surface area contributed by atoms with Crippen molar-refractivity contribution in [1.82, 2.24) is 15.1 Å². The van der Waals surface area contributed by atoms with Gasteiger partial charge < -0.3 is 25.3 Å². The molecule has 1 aliphatic rings. The number of likely N-dealkylation sites (tertiary alicyclic amines) is 1. The molecule has 2 amide bonds. The Bertz CT molecular complexity index is 544. The van der Waals surface area contributed by atoms with E-state index in [2.05, 4.69) is 17.1 Å². The van der Waals surface area contributed by atoms with Crippen LogP contribution in [0, 0.1) is 5.92 Å². The summed E-state index contributed by atoms with van der Waals surface area (Å²) in [6, 6.07) is 6.35. The average molecular weight is 349 g/mol. The lowest BCUT2D eigenvalue weighted by Gasteiger charge is -2.30. The monoisotopic (exact) mass is 349 g/mol. The van der Waals surface area contributed by atoms with Crippen LogP contribution in [0.2, 0.25) is 0 Å². The van der Waals surface area contributed by atoms with Crippen molar-refractivity contribution >= 4 is 6.03 Å². The third-order valence-corrected chi connectivity index (χ3v) is 4.90. The molecule has 1 aromatic rings. The van der Waals surface area contributed by atoms with Gasteiger partial charge in [-0.2, -0.15) is 0 Å². The Kier molecular flexibility index (Phi) is 7.52. The quantitative estimate of drug-likeness (QED) is 0.705. The smallest absolute Gasteiger partial charge is 0.317 e. The second-order valence-corrected chi connectivity index (χ2v) is 6.91. The molecule has 1 aliphatic heterocycles. The van der Waals surface area contributed by atoms with E-state index >= 15 is 0 Å². The van der Waals surface area contributed by atoms with Crippen LogP contribution in [0.5, 0.6) is 5.75 Å². The SMILES string of the molecule is CCN(CC(O)c1cccc(O)c1)C(=O)NCCN1CCC(C)CC1. The van der Waals surface area contributed by atoms with E-state index in [-0.39, 0.29) is 18.3 Å². The van der Waals surface area contributed by atoms with Crippen molar-refractivity contribution in [3.8, 4) is 5.75 Å². The highest BCUT2D eigenvalue weighted by Crippen LogP contribution is 2.19. The zero-order valence-corrected chi connectivity index (χ0v) is 15.3. The summed E-state index contributed by atoms with van der Waals surface area (Å²) in [6.45, 7) is 8.58. The third kappa shape index (κ3) is 6.21. The van der Waals surface area contributed by atoms with E-state index in [0.29, 0.717) is 18.7 Å². The second-order valence-electron chi connectivity index (χ2n) is 6.91. The molecular formula is C19H31N3O3. The van der Waals surface area contributed by atoms with Gasteiger partial charge >= 0.3 is 6.03 Å². The predicted molar refractivity (Wildman–Crippen MR) is 98.6 cm³/mol. The van der Waals surface area contributed by atoms with E-state index in [0.717, 1.165) is 25.6 Å². The van der Waals surface area contributed by atoms with Gasteiger partial charge in [-0.1, -0.05) is 19.1 Å². The molecule has 0 radical (unpaired) electrons. The van der Waals surface area contributed by atoms with E-state index in [1.54, 1.807) is 23.1 Å². The molecule has 2 rings (SSSR count). The Morgan fingerprint density at radius 2 is 2.12 bits per heavy atom. The summed E-state index contributed by atoms with van der Waals surface area (Å²) in [6.07, 6.45) is 1.64. The van der Waals surface area contributed by atoms with Crippen LogP contribution in [0.3, 0.4) is 0 Å². The second kappa shape index (κ2) is 9.63. The van der Waals surface area contributed by atoms with Gasteiger partial charge in [-0.15, -0.1) is 0 Å². The molecule has 1 saturated heterocycles. The Morgan fingerprint density at radius 1 is 1.40 bits per heavy atom. The topological polar surface area (TPSA) is 76.0 Å². The Hall–Kier alpha value is -1.79. The van der Waals surface area contributed by atoms with Crippen molar-refractivity contribution in [2.24, 2.45) is 5.92 Å². The number of nitrogens with one attached hydrogen (secondary N) is 1. The van der Waals surface area contributed by atoms with Crippen LogP contribution >= 0.6 is 0 Å². The molecule has 25 heavy (non-hydrogen) atoms. The number of likely N-dealkylation sites (N-methyl/N-ethyl adjacent to an activating group) is 1. The first kappa shape index (κ1) is 19.5. The molecule has 0 spiro atoms. The number of hydrogen-bond donors (Lipinski definition) is 3. The highest BCUT2D eigenvalue weighted by molar-refractivity contribution is 5.74. The molecular weight excluding hydrogens is 318 g/mol. The third-order valence-electron chi connectivity index (χ3n) is 4.90. The molecule has 0 aliphatic carbocycles. The van der Waals surface area contributed by atoms with Gasteiger partial charge in [0, 0.05) is 19.6 Å². The summed E-state index contributed by atoms with van der Waals surface area (Å²) in [4.78, 5) is 16.3. The summed E-state index contributed by atoms with van der Waals surface area (Å²) in [7, 11) is 0. The van der Waals surface area contributed by atoms with E-state index in [1.807, 2.05) is 6.92 Å². The molecule has 3 N–H and O–H groups in total. The van der Waals surface area contributed by atoms with E-state index in [4.69, 9.17) is 0 Å². The maximum Gasteiger partial charge on any atom is 0.317 e. The summed E-state index contributed by atoms with van der Waals surface area (Å²) in [5.74, 6) is 0.917. The highest BCUT2D eigenvalue weighted by atomic mass is 16.3. The van der Waals surface area contributed by atoms with Gasteiger partial charge in [0.15, 0.2) is 0 Å². The van der Waals surface area contributed by atoms with Crippen molar-refractivity contribution in [2.75, 3.05) is 39.3 Å². The largest absolute Gasteiger partial charge is 0.508 e. The van der Waals surface area contributed by atoms with Gasteiger partial charge in [-0.3, -0.25) is 0 Å². The molecule has 0 saturated carbocycles. The minimum atomic E-state index is -0.818. The van der Waals surface area contributed by atoms with Gasteiger partial charge in [0.05, 0.1) is 12.6 Å². The first-order valence-corrected chi connectivity index (χ1v) is 9.21. The van der Waals surface area contributed by atoms with Crippen LogP contribution in [0.1, 0.15) is 38.4 Å². The van der Waals surface area contributed by atoms with Crippen molar-refractivity contribution < 1.29 is 15.0 Å². The fourth-order valence-electron chi connectivity index (χ4n) is 3.12. The molecule has 1 heterocycles. The number of carbonyl (C=O) groups is 1. The normalized spacial score (nSPS) is 17.2. The number of nitrogens with zero attached hydrogens (tertiary/aromatic N) is 2. The Morgan fingerprint density at radius 3 is 2.76 bits per heavy atom. The number of aromatic hydroxyl groups is 1. The van der Waals surface area contributed by atoms with Gasteiger partial charge in [0.25, 0.3) is 0 Å². The number of aliphatic hydroxyl groups excluding tert-OH is 1. The predicted octanol–water partition coefficient (Wildman–Crippen LogP) is 2.19. The van der Waals surface area contributed by atoms with E-state index < -0.39 is 6.10 Å². The van der Waals surface area contributed by atoms with Crippen LogP contribution in [0.25, 0.3) is 0 Å². The van der Waals surface area contributed by atoms with E-state index in [9.17, 15) is 15.0 Å². The Labute approximate surface area is 150 Å². The maximum absolute atomic E-state index is 12.3. The molecule has 0 aromatic heterocycles. The molecule has 6 heteroatoms. The number of piperidine rings is 1. The lowest BCUT2D eigenvalue weighted by atomic mass is 9.99. The lowest BCUT2D eigenvalue weighted by Crippen LogP contribution is -2.45. The van der Waals surface area contributed by atoms with Crippen molar-refractivity contribution in [3.05, 3.63) is 29.8 Å². The van der Waals surface area contributed by atoms with Gasteiger partial charge in [-0.25, -0.2) is 4.79 Å². The zero-order valence-electron chi connectivity index (χ0n) is 15.3. The number of hydrogen-bond acceptors (Lipinski definition) is 4. The number of amides is 2. The van der Waals surface area contributed by atoms with Gasteiger partial charge in [0.2, 0.25) is 0 Å². The Balaban J connectivity index is 1.76. The number of phenolic OH excluding ortho intramolecular Hbond substituents is 1. The first-order valence-electron chi connectivity index (χ1n) is 9.21. The van der Waals surface area contributed by atoms with Crippen molar-refractivity contribution in [3.63, 3.8) is 0 Å². The molecule has 1 aromatic carbocycles. The van der Waals surface area contributed by atoms with Gasteiger partial charge in [0.1, 0.15) is 5.75 Å². The number of urea groups is 1. The van der Waals surface area contributed by atoms with Crippen LogP contribution in [0.15, 0.2) is 24.3 Å². The summed E-state index contributed by atoms with van der Waals surface area (Å²) in [5.41, 5.74) is 0.605. The molecule has 1 fully saturated rings. The zero-order chi connectivity index (χ0) is 18.2. The number of rotatable bonds is 7. The average Bonchev–Trinajstić information content (AvgIpc) is 2.61. The van der Waals surface area contributed by atoms with Crippen LogP contribution in [0.4, 0.5) is 4.79 Å². The van der Waals surface area contributed by atoms with Crippen molar-refractivity contribution in [2.45, 2.75) is 32.8 Å². The van der Waals surface area contributed by atoms with Gasteiger partial charge in [-0.05, 0) is 56.5 Å². The van der Waals surface area contributed by atoms with Crippen LogP contribution in [-0.4, -0.2) is 65.3 Å². The fourth-order valence-corrected chi connectivity index (χ4v) is 3.12. The molecule has 1 atom stereocenters. The lowest BCUT2D eigenvalue weighted by molar-refractivity contribution is 0.122. The molecule has 1 unspecified atom stereocenters. The van der Waals surface area contributed by atoms with Crippen LogP contribution in [-0.2, 0) is 0 Å². The summed E-state index contributed by atoms with van der Waals surface area (Å²) < 4.78 is 0. The van der Waals surface area contributed by atoms with Crippen molar-refractivity contribution in [1.29, 1.82) is 0 Å². The molecule has 0 bridgehead atoms. The summed E-state index contributed by atoms with van der Waals surface area (Å²) >= 11 is 0. The fraction of sp³-hybridized carbons (Fsp3) is 0.632. The standard InChI is InChI=1S/C19H31N3O3/c1-3-22(14-18(24)16-5-4-6-17(23)13-16)19(25)20-9-12-21-10-7-15(2)8-11-21/h4-6,13,15,18,23-24H,3,7-12,14H2,1-2H3,(H,20,25). The number of phenols is 1. The van der Waals surface area contributed by atoms with E-state index in [1.165, 1.54) is 18.9 Å². The number of aliphatic hydroxyl groups is 1. The first-order chi connectivity index (χ1) is 12.0. The van der Waals surface area contributed by atoms with Crippen LogP contribution < -0.4 is 5.32 Å². The molecule has 140 valence electrons. The minimum absolute atomic E-state index is 0.111. The summed E-state index contributed by atoms with van der Waals surface area (Å²) in [5, 5.41) is 22.8. The molecule has 6 nitrogen and oxygen atoms in total. The minimum Gasteiger partial charge on any atom is -0.508 e. The maximum atomic E-state index is 12.3. The highest BCUT2D eigenvalue weighted by Gasteiger charge is 2.19. The number of benzene rings is 1. The number of carbonyl (C=O) groups excluding carboxylic acids is 1.